The van der Waals surface area contributed by atoms with Crippen molar-refractivity contribution in [1.29, 1.82) is 0 Å². The second kappa shape index (κ2) is 10.2. The second-order valence-corrected chi connectivity index (χ2v) is 5.96. The van der Waals surface area contributed by atoms with Crippen molar-refractivity contribution in [2.24, 2.45) is 0 Å². The molecule has 0 heterocycles. The molecule has 0 aliphatic heterocycles. The van der Waals surface area contributed by atoms with Crippen LogP contribution in [0.2, 0.25) is 0 Å². The second-order valence-electron chi connectivity index (χ2n) is 5.96. The molecule has 0 spiro atoms. The monoisotopic (exact) mass is 371 g/mol. The average molecular weight is 371 g/mol. The van der Waals surface area contributed by atoms with Gasteiger partial charge in [0.05, 0.1) is 19.4 Å². The van der Waals surface area contributed by atoms with Gasteiger partial charge >= 0.3 is 5.97 Å². The lowest BCUT2D eigenvalue weighted by Crippen LogP contribution is -2.26. The fraction of sp³-hybridized carbons (Fsp3) is 0.333. The van der Waals surface area contributed by atoms with Crippen LogP contribution >= 0.6 is 0 Å². The number of carbonyl (C=O) groups excluding carboxylic acids is 2. The Bertz CT molecular complexity index is 757. The fourth-order valence-corrected chi connectivity index (χ4v) is 2.31. The number of nitrogens with one attached hydrogen (secondary N) is 1. The van der Waals surface area contributed by atoms with Crippen LogP contribution in [-0.4, -0.2) is 31.7 Å². The molecule has 0 aromatic heterocycles. The van der Waals surface area contributed by atoms with Crippen molar-refractivity contribution in [2.75, 3.05) is 19.0 Å². The quantitative estimate of drug-likeness (QED) is 0.531. The van der Waals surface area contributed by atoms with Crippen molar-refractivity contribution in [3.05, 3.63) is 54.1 Å². The standard InChI is InChI=1S/C21H25NO5/c1-4-5-14-26-21(24)15(2)27-17-12-10-16(11-13-17)20(23)22-18-8-6-7-9-19(18)25-3/h6-13,15H,4-5,14H2,1-3H3,(H,22,23)/t15-/m0/s1. The lowest BCUT2D eigenvalue weighted by molar-refractivity contribution is -0.151. The van der Waals surface area contributed by atoms with Crippen molar-refractivity contribution >= 4 is 17.6 Å². The Morgan fingerprint density at radius 3 is 2.44 bits per heavy atom. The van der Waals surface area contributed by atoms with Crippen molar-refractivity contribution in [2.45, 2.75) is 32.8 Å². The topological polar surface area (TPSA) is 73.9 Å². The molecule has 0 saturated heterocycles. The van der Waals surface area contributed by atoms with Gasteiger partial charge in [0.2, 0.25) is 0 Å². The van der Waals surface area contributed by atoms with Gasteiger partial charge in [0.15, 0.2) is 6.10 Å². The number of unbranched alkanes of at least 4 members (excludes halogenated alkanes) is 1. The summed E-state index contributed by atoms with van der Waals surface area (Å²) < 4.78 is 15.9. The third kappa shape index (κ3) is 6.02. The summed E-state index contributed by atoms with van der Waals surface area (Å²) in [7, 11) is 1.55. The van der Waals surface area contributed by atoms with E-state index in [1.54, 1.807) is 50.4 Å². The van der Waals surface area contributed by atoms with Gasteiger partial charge in [-0.05, 0) is 49.7 Å². The molecule has 0 aliphatic carbocycles. The number of carbonyl (C=O) groups is 2. The highest BCUT2D eigenvalue weighted by atomic mass is 16.6. The van der Waals surface area contributed by atoms with Gasteiger partial charge in [0, 0.05) is 5.56 Å². The molecule has 2 aromatic carbocycles. The molecule has 0 bridgehead atoms. The first-order valence-electron chi connectivity index (χ1n) is 8.93. The normalized spacial score (nSPS) is 11.4. The van der Waals surface area contributed by atoms with Crippen LogP contribution in [0.1, 0.15) is 37.0 Å². The Morgan fingerprint density at radius 2 is 1.78 bits per heavy atom. The Balaban J connectivity index is 1.94. The third-order valence-electron chi connectivity index (χ3n) is 3.86. The minimum Gasteiger partial charge on any atom is -0.495 e. The van der Waals surface area contributed by atoms with Gasteiger partial charge < -0.3 is 19.5 Å². The summed E-state index contributed by atoms with van der Waals surface area (Å²) >= 11 is 0. The van der Waals surface area contributed by atoms with Gasteiger partial charge in [-0.2, -0.15) is 0 Å². The summed E-state index contributed by atoms with van der Waals surface area (Å²) in [4.78, 5) is 24.2. The zero-order chi connectivity index (χ0) is 19.6. The van der Waals surface area contributed by atoms with E-state index in [9.17, 15) is 9.59 Å². The highest BCUT2D eigenvalue weighted by Gasteiger charge is 2.16. The van der Waals surface area contributed by atoms with Crippen molar-refractivity contribution in [3.63, 3.8) is 0 Å². The van der Waals surface area contributed by atoms with Gasteiger partial charge in [0.1, 0.15) is 11.5 Å². The molecule has 1 amide bonds. The first kappa shape index (κ1) is 20.3. The summed E-state index contributed by atoms with van der Waals surface area (Å²) in [5.74, 6) is 0.407. The van der Waals surface area contributed by atoms with Crippen LogP contribution in [0.3, 0.4) is 0 Å². The lowest BCUT2D eigenvalue weighted by atomic mass is 10.2. The number of anilines is 1. The number of esters is 1. The number of methoxy groups -OCH3 is 1. The zero-order valence-electron chi connectivity index (χ0n) is 15.9. The van der Waals surface area contributed by atoms with Crippen LogP contribution in [0.5, 0.6) is 11.5 Å². The van der Waals surface area contributed by atoms with Crippen LogP contribution in [0, 0.1) is 0 Å². The van der Waals surface area contributed by atoms with Crippen LogP contribution in [-0.2, 0) is 9.53 Å². The molecule has 1 N–H and O–H groups in total. The smallest absolute Gasteiger partial charge is 0.347 e. The first-order valence-corrected chi connectivity index (χ1v) is 8.93. The van der Waals surface area contributed by atoms with Crippen LogP contribution in [0.25, 0.3) is 0 Å². The van der Waals surface area contributed by atoms with Gasteiger partial charge in [-0.25, -0.2) is 4.79 Å². The largest absolute Gasteiger partial charge is 0.495 e. The minimum atomic E-state index is -0.713. The molecule has 0 unspecified atom stereocenters. The highest BCUT2D eigenvalue weighted by Crippen LogP contribution is 2.24. The molecular weight excluding hydrogens is 346 g/mol. The Morgan fingerprint density at radius 1 is 1.07 bits per heavy atom. The molecule has 1 atom stereocenters. The summed E-state index contributed by atoms with van der Waals surface area (Å²) in [5, 5.41) is 2.81. The van der Waals surface area contributed by atoms with E-state index in [1.807, 2.05) is 19.1 Å². The van der Waals surface area contributed by atoms with Crippen LogP contribution in [0.15, 0.2) is 48.5 Å². The number of rotatable bonds is 9. The van der Waals surface area contributed by atoms with Gasteiger partial charge in [0.25, 0.3) is 5.91 Å². The summed E-state index contributed by atoms with van der Waals surface area (Å²) in [6.45, 7) is 4.06. The van der Waals surface area contributed by atoms with Crippen LogP contribution < -0.4 is 14.8 Å². The molecule has 2 aromatic rings. The molecular formula is C21H25NO5. The van der Waals surface area contributed by atoms with E-state index in [1.165, 1.54) is 0 Å². The molecule has 0 saturated carbocycles. The predicted octanol–water partition coefficient (Wildman–Crippen LogP) is 4.06. The number of para-hydroxylation sites is 2. The molecule has 6 nitrogen and oxygen atoms in total. The van der Waals surface area contributed by atoms with Gasteiger partial charge in [-0.15, -0.1) is 0 Å². The molecule has 27 heavy (non-hydrogen) atoms. The molecule has 2 rings (SSSR count). The number of hydrogen-bond acceptors (Lipinski definition) is 5. The molecule has 0 aliphatic rings. The predicted molar refractivity (Wildman–Crippen MR) is 103 cm³/mol. The van der Waals surface area contributed by atoms with E-state index in [4.69, 9.17) is 14.2 Å². The average Bonchev–Trinajstić information content (AvgIpc) is 2.69. The summed E-state index contributed by atoms with van der Waals surface area (Å²) in [5.41, 5.74) is 1.06. The Hall–Kier alpha value is -3.02. The maximum Gasteiger partial charge on any atom is 0.347 e. The van der Waals surface area contributed by atoms with Gasteiger partial charge in [-0.3, -0.25) is 4.79 Å². The SMILES string of the molecule is CCCCOC(=O)[C@H](C)Oc1ccc(C(=O)Nc2ccccc2OC)cc1. The Labute approximate surface area is 159 Å². The third-order valence-corrected chi connectivity index (χ3v) is 3.86. The van der Waals surface area contributed by atoms with Crippen molar-refractivity contribution in [3.8, 4) is 11.5 Å². The molecule has 6 heteroatoms. The number of amides is 1. The summed E-state index contributed by atoms with van der Waals surface area (Å²) in [6, 6.07) is 13.7. The maximum absolute atomic E-state index is 12.4. The van der Waals surface area contributed by atoms with Crippen molar-refractivity contribution < 1.29 is 23.8 Å². The minimum absolute atomic E-state index is 0.266. The lowest BCUT2D eigenvalue weighted by Gasteiger charge is -2.14. The Kier molecular flexibility index (Phi) is 7.67. The first-order chi connectivity index (χ1) is 13.0. The van der Waals surface area contributed by atoms with Crippen molar-refractivity contribution in [1.82, 2.24) is 0 Å². The zero-order valence-corrected chi connectivity index (χ0v) is 15.9. The molecule has 0 fully saturated rings. The number of hydrogen-bond donors (Lipinski definition) is 1. The molecule has 144 valence electrons. The van der Waals surface area contributed by atoms with E-state index >= 15 is 0 Å². The summed E-state index contributed by atoms with van der Waals surface area (Å²) in [6.07, 6.45) is 1.07. The highest BCUT2D eigenvalue weighted by molar-refractivity contribution is 6.05. The van der Waals surface area contributed by atoms with E-state index in [2.05, 4.69) is 5.32 Å². The molecule has 0 radical (unpaired) electrons. The van der Waals surface area contributed by atoms with E-state index in [0.717, 1.165) is 12.8 Å². The van der Waals surface area contributed by atoms with E-state index in [-0.39, 0.29) is 5.91 Å². The van der Waals surface area contributed by atoms with Crippen LogP contribution in [0.4, 0.5) is 5.69 Å². The van der Waals surface area contributed by atoms with Gasteiger partial charge in [-0.1, -0.05) is 25.5 Å². The van der Waals surface area contributed by atoms with E-state index in [0.29, 0.717) is 29.4 Å². The number of benzene rings is 2. The number of ether oxygens (including phenoxy) is 3. The maximum atomic E-state index is 12.4. The fourth-order valence-electron chi connectivity index (χ4n) is 2.31. The van der Waals surface area contributed by atoms with E-state index < -0.39 is 12.1 Å².